The van der Waals surface area contributed by atoms with Crippen LogP contribution in [0.5, 0.6) is 5.75 Å². The third-order valence-electron chi connectivity index (χ3n) is 9.63. The standard InChI is InChI=1S/C45H30O/c46-44-25-21-33(27-42(44)31-10-2-1-3-11-31)45-41(39-19-9-15-30-13-5-7-17-36(30)39)24-23-40-38-22-20-32(26-34(38)28-43(40)45)37-18-8-14-29-12-4-6-16-35(29)37/h1-27,46H,28H2. The van der Waals surface area contributed by atoms with Crippen molar-refractivity contribution < 1.29 is 5.11 Å². The SMILES string of the molecule is Oc1ccc(-c2c(-c3cccc4ccccc34)ccc3c2Cc2cc(-c4cccc5ccccc45)ccc2-3)cc1-c1ccccc1. The molecule has 0 bridgehead atoms. The second-order valence-corrected chi connectivity index (χ2v) is 12.2. The van der Waals surface area contributed by atoms with Crippen LogP contribution in [0.15, 0.2) is 164 Å². The molecule has 46 heavy (non-hydrogen) atoms. The number of hydrogen-bond donors (Lipinski definition) is 1. The number of phenols is 1. The van der Waals surface area contributed by atoms with E-state index in [9.17, 15) is 5.11 Å². The van der Waals surface area contributed by atoms with Gasteiger partial charge in [0.2, 0.25) is 0 Å². The first-order valence-electron chi connectivity index (χ1n) is 15.9. The summed E-state index contributed by atoms with van der Waals surface area (Å²) in [7, 11) is 0. The highest BCUT2D eigenvalue weighted by atomic mass is 16.3. The van der Waals surface area contributed by atoms with Crippen LogP contribution in [0.25, 0.3) is 77.2 Å². The number of benzene rings is 8. The van der Waals surface area contributed by atoms with Gasteiger partial charge in [-0.25, -0.2) is 0 Å². The molecule has 216 valence electrons. The monoisotopic (exact) mass is 586 g/mol. The van der Waals surface area contributed by atoms with Crippen molar-refractivity contribution in [3.63, 3.8) is 0 Å². The smallest absolute Gasteiger partial charge is 0.123 e. The molecule has 0 aliphatic heterocycles. The van der Waals surface area contributed by atoms with E-state index in [0.29, 0.717) is 0 Å². The largest absolute Gasteiger partial charge is 0.507 e. The Balaban J connectivity index is 1.26. The Kier molecular flexibility index (Phi) is 6.11. The predicted octanol–water partition coefficient (Wildman–Crippen LogP) is 11.9. The number of aromatic hydroxyl groups is 1. The molecule has 0 radical (unpaired) electrons. The molecule has 0 amide bonds. The van der Waals surface area contributed by atoms with Gasteiger partial charge in [-0.3, -0.25) is 0 Å². The Labute approximate surface area is 268 Å². The number of rotatable bonds is 4. The molecule has 0 heterocycles. The molecule has 0 saturated heterocycles. The van der Waals surface area contributed by atoms with Gasteiger partial charge in [-0.1, -0.05) is 152 Å². The molecule has 8 aromatic carbocycles. The lowest BCUT2D eigenvalue weighted by molar-refractivity contribution is 0.477. The second kappa shape index (κ2) is 10.6. The average Bonchev–Trinajstić information content (AvgIpc) is 3.49. The van der Waals surface area contributed by atoms with Crippen molar-refractivity contribution >= 4 is 21.5 Å². The van der Waals surface area contributed by atoms with Crippen molar-refractivity contribution in [1.82, 2.24) is 0 Å². The van der Waals surface area contributed by atoms with Crippen molar-refractivity contribution in [3.8, 4) is 61.4 Å². The predicted molar refractivity (Wildman–Crippen MR) is 193 cm³/mol. The van der Waals surface area contributed by atoms with Crippen molar-refractivity contribution in [2.24, 2.45) is 0 Å². The molecule has 8 aromatic rings. The summed E-state index contributed by atoms with van der Waals surface area (Å²) in [5.41, 5.74) is 14.4. The van der Waals surface area contributed by atoms with Gasteiger partial charge in [-0.15, -0.1) is 0 Å². The topological polar surface area (TPSA) is 20.2 Å². The zero-order valence-corrected chi connectivity index (χ0v) is 25.2. The van der Waals surface area contributed by atoms with Crippen LogP contribution in [0, 0.1) is 0 Å². The quantitative estimate of drug-likeness (QED) is 0.217. The lowest BCUT2D eigenvalue weighted by atomic mass is 9.85. The van der Waals surface area contributed by atoms with Crippen molar-refractivity contribution in [2.45, 2.75) is 6.42 Å². The maximum absolute atomic E-state index is 11.0. The van der Waals surface area contributed by atoms with E-state index in [1.165, 1.54) is 71.6 Å². The first kappa shape index (κ1) is 26.5. The number of fused-ring (bicyclic) bond motifs is 5. The lowest BCUT2D eigenvalue weighted by Gasteiger charge is -2.18. The van der Waals surface area contributed by atoms with Gasteiger partial charge >= 0.3 is 0 Å². The highest BCUT2D eigenvalue weighted by Crippen LogP contribution is 2.49. The summed E-state index contributed by atoms with van der Waals surface area (Å²) in [6.07, 6.45) is 0.846. The Hall–Kier alpha value is -5.92. The van der Waals surface area contributed by atoms with E-state index in [1.54, 1.807) is 0 Å². The molecule has 1 aliphatic rings. The first-order chi connectivity index (χ1) is 22.7. The van der Waals surface area contributed by atoms with Crippen LogP contribution in [-0.4, -0.2) is 5.11 Å². The molecule has 0 saturated carbocycles. The van der Waals surface area contributed by atoms with Crippen molar-refractivity contribution in [2.75, 3.05) is 0 Å². The summed E-state index contributed by atoms with van der Waals surface area (Å²) in [6.45, 7) is 0. The summed E-state index contributed by atoms with van der Waals surface area (Å²) >= 11 is 0. The molecule has 0 aromatic heterocycles. The van der Waals surface area contributed by atoms with E-state index in [2.05, 4.69) is 140 Å². The lowest BCUT2D eigenvalue weighted by Crippen LogP contribution is -1.94. The first-order valence-corrected chi connectivity index (χ1v) is 15.9. The summed E-state index contributed by atoms with van der Waals surface area (Å²) < 4.78 is 0. The number of phenolic OH excluding ortho intramolecular Hbond substituents is 1. The van der Waals surface area contributed by atoms with E-state index in [-0.39, 0.29) is 5.75 Å². The van der Waals surface area contributed by atoms with Crippen LogP contribution in [-0.2, 0) is 6.42 Å². The highest BCUT2D eigenvalue weighted by molar-refractivity contribution is 6.04. The van der Waals surface area contributed by atoms with Gasteiger partial charge in [0.25, 0.3) is 0 Å². The van der Waals surface area contributed by atoms with Crippen LogP contribution in [0.1, 0.15) is 11.1 Å². The minimum Gasteiger partial charge on any atom is -0.507 e. The van der Waals surface area contributed by atoms with Crippen LogP contribution in [0.4, 0.5) is 0 Å². The highest BCUT2D eigenvalue weighted by Gasteiger charge is 2.26. The molecule has 1 nitrogen and oxygen atoms in total. The molecule has 1 N–H and O–H groups in total. The fraction of sp³-hybridized carbons (Fsp3) is 0.0222. The van der Waals surface area contributed by atoms with Crippen molar-refractivity contribution in [1.29, 1.82) is 0 Å². The minimum atomic E-state index is 0.289. The van der Waals surface area contributed by atoms with E-state index < -0.39 is 0 Å². The molecule has 9 rings (SSSR count). The Morgan fingerprint density at radius 1 is 0.370 bits per heavy atom. The van der Waals surface area contributed by atoms with E-state index in [4.69, 9.17) is 0 Å². The van der Waals surface area contributed by atoms with Crippen LogP contribution in [0.3, 0.4) is 0 Å². The molecule has 0 atom stereocenters. The minimum absolute atomic E-state index is 0.289. The molecular formula is C45H30O. The zero-order chi connectivity index (χ0) is 30.6. The maximum atomic E-state index is 11.0. The third kappa shape index (κ3) is 4.24. The van der Waals surface area contributed by atoms with Gasteiger partial charge in [-0.05, 0) is 101 Å². The third-order valence-corrected chi connectivity index (χ3v) is 9.63. The van der Waals surface area contributed by atoms with E-state index >= 15 is 0 Å². The summed E-state index contributed by atoms with van der Waals surface area (Å²) in [4.78, 5) is 0. The summed E-state index contributed by atoms with van der Waals surface area (Å²) in [6, 6.07) is 58.3. The summed E-state index contributed by atoms with van der Waals surface area (Å²) in [5, 5.41) is 16.0. The molecular weight excluding hydrogens is 556 g/mol. The molecule has 0 unspecified atom stereocenters. The number of hydrogen-bond acceptors (Lipinski definition) is 1. The molecule has 0 fully saturated rings. The normalized spacial score (nSPS) is 11.9. The van der Waals surface area contributed by atoms with Gasteiger partial charge in [-0.2, -0.15) is 0 Å². The molecule has 1 heteroatoms. The average molecular weight is 587 g/mol. The second-order valence-electron chi connectivity index (χ2n) is 12.2. The fourth-order valence-electron chi connectivity index (χ4n) is 7.48. The van der Waals surface area contributed by atoms with E-state index in [0.717, 1.165) is 23.1 Å². The molecule has 0 spiro atoms. The Morgan fingerprint density at radius 3 is 1.76 bits per heavy atom. The maximum Gasteiger partial charge on any atom is 0.123 e. The van der Waals surface area contributed by atoms with Gasteiger partial charge < -0.3 is 5.11 Å². The van der Waals surface area contributed by atoms with Gasteiger partial charge in [0.1, 0.15) is 5.75 Å². The van der Waals surface area contributed by atoms with Crippen molar-refractivity contribution in [3.05, 3.63) is 175 Å². The van der Waals surface area contributed by atoms with Crippen LogP contribution >= 0.6 is 0 Å². The van der Waals surface area contributed by atoms with E-state index in [1.807, 2.05) is 24.3 Å². The van der Waals surface area contributed by atoms with Gasteiger partial charge in [0.05, 0.1) is 0 Å². The summed E-state index contributed by atoms with van der Waals surface area (Å²) in [5.74, 6) is 0.289. The Bertz CT molecular complexity index is 2440. The fourth-order valence-corrected chi connectivity index (χ4v) is 7.48. The Morgan fingerprint density at radius 2 is 0.978 bits per heavy atom. The van der Waals surface area contributed by atoms with Crippen LogP contribution in [0.2, 0.25) is 0 Å². The van der Waals surface area contributed by atoms with Gasteiger partial charge in [0, 0.05) is 5.56 Å². The zero-order valence-electron chi connectivity index (χ0n) is 25.2. The van der Waals surface area contributed by atoms with Gasteiger partial charge in [0.15, 0.2) is 0 Å². The molecule has 1 aliphatic carbocycles. The van der Waals surface area contributed by atoms with Crippen LogP contribution < -0.4 is 0 Å².